The Labute approximate surface area is 204 Å². The van der Waals surface area contributed by atoms with Gasteiger partial charge >= 0.3 is 29.7 Å². The molecule has 1 fully saturated rings. The lowest BCUT2D eigenvalue weighted by molar-refractivity contribution is -0.388. The van der Waals surface area contributed by atoms with Crippen LogP contribution >= 0.6 is 7.37 Å². The molecule has 4 rings (SSSR count). The van der Waals surface area contributed by atoms with E-state index in [2.05, 4.69) is 4.74 Å². The first kappa shape index (κ1) is 27.2. The minimum atomic E-state index is -6.73. The zero-order valence-electron chi connectivity index (χ0n) is 18.3. The fraction of sp³-hybridized carbons (Fsp3) is 0.250. The third-order valence-corrected chi connectivity index (χ3v) is 8.20. The van der Waals surface area contributed by atoms with E-state index in [1.165, 1.54) is 66.7 Å². The number of hydrogen-bond acceptors (Lipinski definition) is 3. The highest BCUT2D eigenvalue weighted by atomic mass is 31.2. The predicted molar refractivity (Wildman–Crippen MR) is 115 cm³/mol. The first-order valence-electron chi connectivity index (χ1n) is 10.5. The molecule has 0 amide bonds. The van der Waals surface area contributed by atoms with Crippen LogP contribution in [0.4, 0.5) is 39.5 Å². The summed E-state index contributed by atoms with van der Waals surface area (Å²) in [6.45, 7) is 0. The molecule has 2 unspecified atom stereocenters. The van der Waals surface area contributed by atoms with Crippen LogP contribution < -0.4 is 10.6 Å². The van der Waals surface area contributed by atoms with E-state index >= 15 is 13.2 Å². The summed E-state index contributed by atoms with van der Waals surface area (Å²) in [7, 11) is -4.74. The van der Waals surface area contributed by atoms with Gasteiger partial charge in [0.2, 0.25) is 0 Å². The zero-order chi connectivity index (χ0) is 27.3. The minimum absolute atomic E-state index is 0.249. The number of halogens is 9. The second-order valence-electron chi connectivity index (χ2n) is 8.10. The summed E-state index contributed by atoms with van der Waals surface area (Å²) >= 11 is 0. The van der Waals surface area contributed by atoms with Crippen LogP contribution in [0.15, 0.2) is 91.0 Å². The standard InChI is InChI=1S/C24H16F9O3P/c25-20(26,23(31)21(27,28)22(29,30)24(32,33)36-23)19(16-10-4-1-5-11-16)35-37(34,17-12-6-2-7-13-17)18-14-8-3-9-15-18/h1-15,19H. The highest BCUT2D eigenvalue weighted by molar-refractivity contribution is 7.74. The summed E-state index contributed by atoms with van der Waals surface area (Å²) in [6, 6.07) is 18.1. The summed E-state index contributed by atoms with van der Waals surface area (Å²) in [4.78, 5) is 0. The molecule has 1 saturated heterocycles. The van der Waals surface area contributed by atoms with E-state index in [1.54, 1.807) is 0 Å². The van der Waals surface area contributed by atoms with Crippen molar-refractivity contribution in [2.75, 3.05) is 0 Å². The van der Waals surface area contributed by atoms with Gasteiger partial charge in [0.1, 0.15) is 0 Å². The number of ether oxygens (including phenoxy) is 1. The van der Waals surface area contributed by atoms with Gasteiger partial charge < -0.3 is 4.52 Å². The van der Waals surface area contributed by atoms with Gasteiger partial charge in [0.05, 0.1) is 0 Å². The van der Waals surface area contributed by atoms with Crippen LogP contribution in [-0.2, 0) is 13.8 Å². The molecule has 1 heterocycles. The Morgan fingerprint density at radius 1 is 0.676 bits per heavy atom. The van der Waals surface area contributed by atoms with Crippen molar-refractivity contribution in [3.63, 3.8) is 0 Å². The molecule has 3 aromatic carbocycles. The molecule has 37 heavy (non-hydrogen) atoms. The number of benzene rings is 3. The van der Waals surface area contributed by atoms with E-state index < -0.39 is 48.8 Å². The van der Waals surface area contributed by atoms with Gasteiger partial charge in [-0.1, -0.05) is 66.7 Å². The quantitative estimate of drug-likeness (QED) is 0.236. The van der Waals surface area contributed by atoms with Gasteiger partial charge in [-0.05, 0) is 29.8 Å². The maximum Gasteiger partial charge on any atom is 0.428 e. The zero-order valence-corrected chi connectivity index (χ0v) is 19.2. The monoisotopic (exact) mass is 554 g/mol. The van der Waals surface area contributed by atoms with Crippen molar-refractivity contribution >= 4 is 18.0 Å². The van der Waals surface area contributed by atoms with Gasteiger partial charge in [-0.3, -0.25) is 9.30 Å². The number of rotatable bonds is 7. The summed E-state index contributed by atoms with van der Waals surface area (Å²) in [5.74, 6) is -25.6. The molecule has 198 valence electrons. The van der Waals surface area contributed by atoms with Crippen LogP contribution in [0.5, 0.6) is 0 Å². The van der Waals surface area contributed by atoms with E-state index in [9.17, 15) is 30.9 Å². The van der Waals surface area contributed by atoms with Crippen LogP contribution in [-0.4, -0.2) is 29.7 Å². The third kappa shape index (κ3) is 3.97. The molecule has 2 atom stereocenters. The van der Waals surface area contributed by atoms with Crippen molar-refractivity contribution < 1.29 is 53.3 Å². The van der Waals surface area contributed by atoms with Crippen LogP contribution in [0.25, 0.3) is 0 Å². The van der Waals surface area contributed by atoms with Gasteiger partial charge in [-0.25, -0.2) is 0 Å². The van der Waals surface area contributed by atoms with Gasteiger partial charge in [0.25, 0.3) is 7.37 Å². The SMILES string of the molecule is O=P(OC(c1ccccc1)C(F)(F)C1(F)OC(F)(F)C(F)(F)C1(F)F)(c1ccccc1)c1ccccc1. The van der Waals surface area contributed by atoms with Crippen molar-refractivity contribution in [2.45, 2.75) is 35.8 Å². The van der Waals surface area contributed by atoms with Crippen LogP contribution in [0.2, 0.25) is 0 Å². The van der Waals surface area contributed by atoms with Crippen molar-refractivity contribution in [1.82, 2.24) is 0 Å². The maximum atomic E-state index is 15.7. The molecule has 13 heteroatoms. The summed E-state index contributed by atoms with van der Waals surface area (Å²) < 4.78 is 153. The molecule has 0 radical (unpaired) electrons. The van der Waals surface area contributed by atoms with E-state index in [0.29, 0.717) is 0 Å². The molecule has 0 saturated carbocycles. The van der Waals surface area contributed by atoms with Crippen LogP contribution in [0.1, 0.15) is 11.7 Å². The second kappa shape index (κ2) is 8.89. The Bertz CT molecular complexity index is 1250. The summed E-state index contributed by atoms with van der Waals surface area (Å²) in [5, 5.41) is -0.499. The highest BCUT2D eigenvalue weighted by Crippen LogP contribution is 2.67. The Morgan fingerprint density at radius 2 is 1.08 bits per heavy atom. The van der Waals surface area contributed by atoms with Crippen LogP contribution in [0.3, 0.4) is 0 Å². The molecule has 3 nitrogen and oxygen atoms in total. The minimum Gasteiger partial charge on any atom is -0.307 e. The van der Waals surface area contributed by atoms with Gasteiger partial charge in [0, 0.05) is 10.6 Å². The lowest BCUT2D eigenvalue weighted by atomic mass is 9.92. The summed E-state index contributed by atoms with van der Waals surface area (Å²) in [6.07, 6.45) is -9.67. The average Bonchev–Trinajstić information content (AvgIpc) is 2.97. The topological polar surface area (TPSA) is 35.5 Å². The predicted octanol–water partition coefficient (Wildman–Crippen LogP) is 6.87. The van der Waals surface area contributed by atoms with Crippen molar-refractivity contribution in [3.05, 3.63) is 96.6 Å². The van der Waals surface area contributed by atoms with Gasteiger partial charge in [0.15, 0.2) is 6.10 Å². The molecular formula is C24H16F9O3P. The van der Waals surface area contributed by atoms with Crippen molar-refractivity contribution in [1.29, 1.82) is 0 Å². The molecule has 3 aromatic rings. The highest BCUT2D eigenvalue weighted by Gasteiger charge is 2.95. The lowest BCUT2D eigenvalue weighted by Gasteiger charge is -2.38. The molecule has 1 aliphatic heterocycles. The number of alkyl halides is 9. The molecule has 1 aliphatic rings. The van der Waals surface area contributed by atoms with E-state index in [-0.39, 0.29) is 10.6 Å². The fourth-order valence-electron chi connectivity index (χ4n) is 3.77. The first-order valence-corrected chi connectivity index (χ1v) is 12.1. The van der Waals surface area contributed by atoms with Gasteiger partial charge in [-0.15, -0.1) is 0 Å². The smallest absolute Gasteiger partial charge is 0.307 e. The van der Waals surface area contributed by atoms with Crippen LogP contribution in [0, 0.1) is 0 Å². The molecule has 0 N–H and O–H groups in total. The Hall–Kier alpha value is -2.82. The lowest BCUT2D eigenvalue weighted by Crippen LogP contribution is -2.62. The van der Waals surface area contributed by atoms with Gasteiger partial charge in [-0.2, -0.15) is 39.5 Å². The largest absolute Gasteiger partial charge is 0.428 e. The average molecular weight is 554 g/mol. The van der Waals surface area contributed by atoms with E-state index in [1.807, 2.05) is 0 Å². The van der Waals surface area contributed by atoms with E-state index in [0.717, 1.165) is 24.3 Å². The Morgan fingerprint density at radius 3 is 1.46 bits per heavy atom. The molecular weight excluding hydrogens is 538 g/mol. The number of hydrogen-bond donors (Lipinski definition) is 0. The Balaban J connectivity index is 1.93. The molecule has 0 spiro atoms. The second-order valence-corrected chi connectivity index (χ2v) is 10.5. The van der Waals surface area contributed by atoms with Crippen molar-refractivity contribution in [2.24, 2.45) is 0 Å². The summed E-state index contributed by atoms with van der Waals surface area (Å²) in [5.41, 5.74) is -0.824. The Kier molecular flexibility index (Phi) is 6.54. The van der Waals surface area contributed by atoms with E-state index in [4.69, 9.17) is 4.52 Å². The van der Waals surface area contributed by atoms with Crippen molar-refractivity contribution in [3.8, 4) is 0 Å². The maximum absolute atomic E-state index is 15.7. The normalized spacial score (nSPS) is 23.5. The molecule has 0 bridgehead atoms. The molecule has 0 aromatic heterocycles. The first-order chi connectivity index (χ1) is 17.1. The third-order valence-electron chi connectivity index (χ3n) is 5.74. The fourth-order valence-corrected chi connectivity index (χ4v) is 5.99. The molecule has 0 aliphatic carbocycles.